The van der Waals surface area contributed by atoms with E-state index in [4.69, 9.17) is 11.6 Å². The average Bonchev–Trinajstić information content (AvgIpc) is 2.44. The molecule has 106 valence electrons. The fourth-order valence-electron chi connectivity index (χ4n) is 2.36. The van der Waals surface area contributed by atoms with E-state index in [-0.39, 0.29) is 11.9 Å². The van der Waals surface area contributed by atoms with Gasteiger partial charge in [0.1, 0.15) is 5.82 Å². The van der Waals surface area contributed by atoms with Crippen LogP contribution in [0.1, 0.15) is 18.1 Å². The molecule has 0 saturated heterocycles. The Morgan fingerprint density at radius 1 is 1.00 bits per heavy atom. The summed E-state index contributed by atoms with van der Waals surface area (Å²) in [5, 5.41) is 4.18. The molecule has 2 aromatic rings. The summed E-state index contributed by atoms with van der Waals surface area (Å²) in [5.41, 5.74) is 1.84. The molecule has 0 aliphatic carbocycles. The first-order chi connectivity index (χ1) is 9.70. The van der Waals surface area contributed by atoms with Crippen LogP contribution in [-0.2, 0) is 12.8 Å². The van der Waals surface area contributed by atoms with Gasteiger partial charge in [0, 0.05) is 11.1 Å². The Kier molecular flexibility index (Phi) is 5.57. The number of benzene rings is 2. The molecule has 3 heteroatoms. The van der Waals surface area contributed by atoms with Crippen molar-refractivity contribution < 1.29 is 4.39 Å². The lowest BCUT2D eigenvalue weighted by Crippen LogP contribution is -2.33. The maximum atomic E-state index is 13.8. The Morgan fingerprint density at radius 2 is 1.60 bits per heavy atom. The summed E-state index contributed by atoms with van der Waals surface area (Å²) in [6, 6.07) is 14.9. The van der Waals surface area contributed by atoms with Gasteiger partial charge in [-0.25, -0.2) is 4.39 Å². The van der Waals surface area contributed by atoms with E-state index in [0.717, 1.165) is 29.1 Å². The number of rotatable bonds is 6. The minimum atomic E-state index is -0.144. The average molecular weight is 292 g/mol. The first-order valence-corrected chi connectivity index (χ1v) is 7.28. The lowest BCUT2D eigenvalue weighted by molar-refractivity contribution is 0.506. The van der Waals surface area contributed by atoms with Crippen molar-refractivity contribution >= 4 is 11.6 Å². The summed E-state index contributed by atoms with van der Waals surface area (Å²) in [4.78, 5) is 0. The molecule has 1 nitrogen and oxygen atoms in total. The molecule has 0 bridgehead atoms. The van der Waals surface area contributed by atoms with E-state index in [1.54, 1.807) is 6.07 Å². The van der Waals surface area contributed by atoms with E-state index in [9.17, 15) is 4.39 Å². The lowest BCUT2D eigenvalue weighted by Gasteiger charge is -2.19. The molecular weight excluding hydrogens is 273 g/mol. The van der Waals surface area contributed by atoms with Gasteiger partial charge in [-0.3, -0.25) is 0 Å². The summed E-state index contributed by atoms with van der Waals surface area (Å²) >= 11 is 6.20. The zero-order valence-electron chi connectivity index (χ0n) is 11.6. The molecule has 0 aliphatic rings. The summed E-state index contributed by atoms with van der Waals surface area (Å²) < 4.78 is 13.8. The zero-order chi connectivity index (χ0) is 14.4. The van der Waals surface area contributed by atoms with E-state index in [1.165, 1.54) is 6.07 Å². The van der Waals surface area contributed by atoms with E-state index < -0.39 is 0 Å². The van der Waals surface area contributed by atoms with Gasteiger partial charge in [-0.2, -0.15) is 0 Å². The summed E-state index contributed by atoms with van der Waals surface area (Å²) in [7, 11) is 0. The molecule has 0 aliphatic heterocycles. The van der Waals surface area contributed by atoms with E-state index >= 15 is 0 Å². The molecule has 2 aromatic carbocycles. The highest BCUT2D eigenvalue weighted by atomic mass is 35.5. The van der Waals surface area contributed by atoms with Crippen LogP contribution in [0.15, 0.2) is 48.5 Å². The van der Waals surface area contributed by atoms with Crippen molar-refractivity contribution in [2.24, 2.45) is 0 Å². The van der Waals surface area contributed by atoms with Crippen LogP contribution in [0.25, 0.3) is 0 Å². The SMILES string of the molecule is CCNC(Cc1ccccc1F)Cc1ccccc1Cl. The normalized spacial score (nSPS) is 12.3. The lowest BCUT2D eigenvalue weighted by atomic mass is 9.98. The molecule has 0 fully saturated rings. The standard InChI is InChI=1S/C17H19ClFN/c1-2-20-15(11-13-7-3-5-9-16(13)18)12-14-8-4-6-10-17(14)19/h3-10,15,20H,2,11-12H2,1H3. The zero-order valence-corrected chi connectivity index (χ0v) is 12.3. The number of hydrogen-bond donors (Lipinski definition) is 1. The molecule has 0 spiro atoms. The Bertz CT molecular complexity index is 509. The molecule has 1 N–H and O–H groups in total. The topological polar surface area (TPSA) is 12.0 Å². The van der Waals surface area contributed by atoms with Gasteiger partial charge in [-0.05, 0) is 42.6 Å². The van der Waals surface area contributed by atoms with Gasteiger partial charge in [0.05, 0.1) is 0 Å². The smallest absolute Gasteiger partial charge is 0.126 e. The van der Waals surface area contributed by atoms with Crippen LogP contribution in [0, 0.1) is 5.82 Å². The van der Waals surface area contributed by atoms with Gasteiger partial charge in [-0.1, -0.05) is 54.9 Å². The third-order valence-corrected chi connectivity index (χ3v) is 3.71. The maximum absolute atomic E-state index is 13.8. The second-order valence-corrected chi connectivity index (χ2v) is 5.25. The van der Waals surface area contributed by atoms with Crippen molar-refractivity contribution in [1.82, 2.24) is 5.32 Å². The van der Waals surface area contributed by atoms with E-state index in [2.05, 4.69) is 12.2 Å². The molecule has 1 atom stereocenters. The van der Waals surface area contributed by atoms with Crippen LogP contribution >= 0.6 is 11.6 Å². The Balaban J connectivity index is 2.12. The number of hydrogen-bond acceptors (Lipinski definition) is 1. The fourth-order valence-corrected chi connectivity index (χ4v) is 2.58. The monoisotopic (exact) mass is 291 g/mol. The fraction of sp³-hybridized carbons (Fsp3) is 0.294. The second-order valence-electron chi connectivity index (χ2n) is 4.85. The number of likely N-dealkylation sites (N-methyl/N-ethyl adjacent to an activating group) is 1. The highest BCUT2D eigenvalue weighted by Crippen LogP contribution is 2.18. The molecule has 0 radical (unpaired) electrons. The second kappa shape index (κ2) is 7.41. The summed E-state index contributed by atoms with van der Waals surface area (Å²) in [5.74, 6) is -0.144. The van der Waals surface area contributed by atoms with Gasteiger partial charge in [0.2, 0.25) is 0 Å². The van der Waals surface area contributed by atoms with Crippen LogP contribution in [0.4, 0.5) is 4.39 Å². The number of nitrogens with one attached hydrogen (secondary N) is 1. The first kappa shape index (κ1) is 15.0. The van der Waals surface area contributed by atoms with Gasteiger partial charge >= 0.3 is 0 Å². The van der Waals surface area contributed by atoms with Crippen LogP contribution in [-0.4, -0.2) is 12.6 Å². The third kappa shape index (κ3) is 4.06. The summed E-state index contributed by atoms with van der Waals surface area (Å²) in [6.07, 6.45) is 1.45. The van der Waals surface area contributed by atoms with Crippen molar-refractivity contribution in [1.29, 1.82) is 0 Å². The first-order valence-electron chi connectivity index (χ1n) is 6.91. The van der Waals surface area contributed by atoms with Gasteiger partial charge in [-0.15, -0.1) is 0 Å². The third-order valence-electron chi connectivity index (χ3n) is 3.34. The van der Waals surface area contributed by atoms with Crippen molar-refractivity contribution in [3.05, 3.63) is 70.5 Å². The van der Waals surface area contributed by atoms with E-state index in [0.29, 0.717) is 6.42 Å². The largest absolute Gasteiger partial charge is 0.314 e. The predicted octanol–water partition coefficient (Wildman–Crippen LogP) is 4.24. The van der Waals surface area contributed by atoms with Gasteiger partial charge < -0.3 is 5.32 Å². The quantitative estimate of drug-likeness (QED) is 0.839. The van der Waals surface area contributed by atoms with Crippen LogP contribution in [0.5, 0.6) is 0 Å². The van der Waals surface area contributed by atoms with Crippen LogP contribution < -0.4 is 5.32 Å². The van der Waals surface area contributed by atoms with Gasteiger partial charge in [0.15, 0.2) is 0 Å². The molecule has 20 heavy (non-hydrogen) atoms. The predicted molar refractivity (Wildman–Crippen MR) is 82.7 cm³/mol. The molecule has 0 saturated carbocycles. The summed E-state index contributed by atoms with van der Waals surface area (Å²) in [6.45, 7) is 2.91. The molecule has 2 rings (SSSR count). The van der Waals surface area contributed by atoms with Crippen LogP contribution in [0.2, 0.25) is 5.02 Å². The molecule has 0 amide bonds. The van der Waals surface area contributed by atoms with Crippen molar-refractivity contribution in [2.45, 2.75) is 25.8 Å². The van der Waals surface area contributed by atoms with Crippen LogP contribution in [0.3, 0.4) is 0 Å². The highest BCUT2D eigenvalue weighted by Gasteiger charge is 2.13. The Hall–Kier alpha value is -1.38. The molecule has 0 heterocycles. The molecule has 1 unspecified atom stereocenters. The van der Waals surface area contributed by atoms with Crippen molar-refractivity contribution in [3.8, 4) is 0 Å². The maximum Gasteiger partial charge on any atom is 0.126 e. The highest BCUT2D eigenvalue weighted by molar-refractivity contribution is 6.31. The van der Waals surface area contributed by atoms with E-state index in [1.807, 2.05) is 36.4 Å². The Morgan fingerprint density at radius 3 is 2.25 bits per heavy atom. The van der Waals surface area contributed by atoms with Crippen molar-refractivity contribution in [3.63, 3.8) is 0 Å². The minimum Gasteiger partial charge on any atom is -0.314 e. The molecule has 0 aromatic heterocycles. The molecular formula is C17H19ClFN. The van der Waals surface area contributed by atoms with Gasteiger partial charge in [0.25, 0.3) is 0 Å². The number of halogens is 2. The van der Waals surface area contributed by atoms with Crippen molar-refractivity contribution in [2.75, 3.05) is 6.54 Å². The minimum absolute atomic E-state index is 0.144. The Labute approximate surface area is 124 Å².